The molecular formula is C12H18N4. The number of piperidine rings is 2. The molecule has 0 radical (unpaired) electrons. The average Bonchev–Trinajstić information content (AvgIpc) is 2.39. The van der Waals surface area contributed by atoms with Gasteiger partial charge in [-0.25, -0.2) is 4.98 Å². The number of fused-ring (bicyclic) bond motifs is 1. The first-order valence-corrected chi connectivity index (χ1v) is 6.18. The van der Waals surface area contributed by atoms with E-state index in [0.717, 1.165) is 30.9 Å². The monoisotopic (exact) mass is 218 g/mol. The van der Waals surface area contributed by atoms with E-state index in [9.17, 15) is 0 Å². The summed E-state index contributed by atoms with van der Waals surface area (Å²) in [5.41, 5.74) is 0. The summed E-state index contributed by atoms with van der Waals surface area (Å²) in [5, 5.41) is 3.63. The van der Waals surface area contributed by atoms with Gasteiger partial charge in [0.2, 0.25) is 0 Å². The van der Waals surface area contributed by atoms with E-state index in [2.05, 4.69) is 20.2 Å². The van der Waals surface area contributed by atoms with E-state index in [1.165, 1.54) is 25.8 Å². The van der Waals surface area contributed by atoms with Crippen molar-refractivity contribution in [3.05, 3.63) is 18.6 Å². The van der Waals surface area contributed by atoms with Crippen molar-refractivity contribution < 1.29 is 0 Å². The molecule has 0 saturated carbocycles. The van der Waals surface area contributed by atoms with Gasteiger partial charge in [-0.1, -0.05) is 0 Å². The molecule has 1 aromatic heterocycles. The number of nitrogens with one attached hydrogen (secondary N) is 1. The van der Waals surface area contributed by atoms with Crippen molar-refractivity contribution in [3.8, 4) is 0 Å². The lowest BCUT2D eigenvalue weighted by Crippen LogP contribution is -2.52. The van der Waals surface area contributed by atoms with E-state index in [4.69, 9.17) is 0 Å². The molecule has 2 aliphatic rings. The highest BCUT2D eigenvalue weighted by Crippen LogP contribution is 2.26. The van der Waals surface area contributed by atoms with E-state index >= 15 is 0 Å². The number of aromatic nitrogens is 2. The van der Waals surface area contributed by atoms with Crippen LogP contribution in [0, 0.1) is 5.92 Å². The fourth-order valence-corrected chi connectivity index (χ4v) is 2.91. The van der Waals surface area contributed by atoms with Gasteiger partial charge in [-0.15, -0.1) is 0 Å². The summed E-state index contributed by atoms with van der Waals surface area (Å²) in [5.74, 6) is 1.83. The predicted molar refractivity (Wildman–Crippen MR) is 63.4 cm³/mol. The average molecular weight is 218 g/mol. The molecule has 3 rings (SSSR count). The maximum absolute atomic E-state index is 4.38. The molecule has 0 aliphatic carbocycles. The number of nitrogens with zero attached hydrogens (tertiary/aromatic N) is 3. The maximum Gasteiger partial charge on any atom is 0.147 e. The molecule has 3 heterocycles. The van der Waals surface area contributed by atoms with E-state index in [0.29, 0.717) is 0 Å². The van der Waals surface area contributed by atoms with Crippen molar-refractivity contribution in [1.82, 2.24) is 15.3 Å². The number of rotatable bonds is 1. The Hall–Kier alpha value is -1.16. The third-order valence-corrected chi connectivity index (χ3v) is 3.77. The highest BCUT2D eigenvalue weighted by Gasteiger charge is 2.31. The molecule has 2 fully saturated rings. The minimum Gasteiger partial charge on any atom is -0.355 e. The highest BCUT2D eigenvalue weighted by molar-refractivity contribution is 5.36. The summed E-state index contributed by atoms with van der Waals surface area (Å²) in [7, 11) is 0. The second-order valence-electron chi connectivity index (χ2n) is 4.76. The molecule has 2 atom stereocenters. The van der Waals surface area contributed by atoms with Crippen LogP contribution in [0.3, 0.4) is 0 Å². The predicted octanol–water partition coefficient (Wildman–Crippen LogP) is 1.05. The van der Waals surface area contributed by atoms with Crippen LogP contribution in [0.1, 0.15) is 19.3 Å². The van der Waals surface area contributed by atoms with Gasteiger partial charge in [0.05, 0.1) is 6.20 Å². The molecule has 2 saturated heterocycles. The van der Waals surface area contributed by atoms with E-state index in [1.54, 1.807) is 12.4 Å². The van der Waals surface area contributed by atoms with Crippen LogP contribution in [0.2, 0.25) is 0 Å². The normalized spacial score (nSPS) is 29.9. The lowest BCUT2D eigenvalue weighted by molar-refractivity contribution is 0.244. The quantitative estimate of drug-likeness (QED) is 0.765. The van der Waals surface area contributed by atoms with E-state index in [1.807, 2.05) is 6.20 Å². The van der Waals surface area contributed by atoms with Crippen molar-refractivity contribution in [1.29, 1.82) is 0 Å². The van der Waals surface area contributed by atoms with Crippen LogP contribution in [0.25, 0.3) is 0 Å². The van der Waals surface area contributed by atoms with Gasteiger partial charge in [0, 0.05) is 31.5 Å². The summed E-state index contributed by atoms with van der Waals surface area (Å²) >= 11 is 0. The summed E-state index contributed by atoms with van der Waals surface area (Å²) < 4.78 is 0. The highest BCUT2D eigenvalue weighted by atomic mass is 15.2. The molecule has 0 bridgehead atoms. The Labute approximate surface area is 96.1 Å². The largest absolute Gasteiger partial charge is 0.355 e. The Bertz CT molecular complexity index is 340. The Kier molecular flexibility index (Phi) is 2.74. The zero-order valence-electron chi connectivity index (χ0n) is 9.47. The molecule has 86 valence electrons. The molecule has 0 amide bonds. The first-order valence-electron chi connectivity index (χ1n) is 6.18. The molecule has 0 spiro atoms. The Balaban J connectivity index is 1.71. The fraction of sp³-hybridized carbons (Fsp3) is 0.667. The summed E-state index contributed by atoms with van der Waals surface area (Å²) in [6, 6.07) is 0.738. The molecular weight excluding hydrogens is 200 g/mol. The van der Waals surface area contributed by atoms with Gasteiger partial charge in [0.25, 0.3) is 0 Å². The first-order chi connectivity index (χ1) is 7.93. The van der Waals surface area contributed by atoms with Gasteiger partial charge in [-0.2, -0.15) is 0 Å². The van der Waals surface area contributed by atoms with Gasteiger partial charge in [-0.3, -0.25) is 4.98 Å². The zero-order chi connectivity index (χ0) is 10.8. The number of hydrogen-bond donors (Lipinski definition) is 1. The lowest BCUT2D eigenvalue weighted by Gasteiger charge is -2.42. The molecule has 1 N–H and O–H groups in total. The van der Waals surface area contributed by atoms with Gasteiger partial charge in [-0.05, 0) is 31.7 Å². The Morgan fingerprint density at radius 1 is 1.31 bits per heavy atom. The van der Waals surface area contributed by atoms with Crippen LogP contribution in [-0.4, -0.2) is 35.6 Å². The minimum absolute atomic E-state index is 0.738. The first kappa shape index (κ1) is 10.0. The van der Waals surface area contributed by atoms with Crippen molar-refractivity contribution in [2.45, 2.75) is 25.3 Å². The standard InChI is InChI=1S/C12H18N4/c1-2-10-9-16(7-3-11(10)14-4-1)12-8-13-5-6-15-12/h5-6,8,10-11,14H,1-4,7,9H2. The lowest BCUT2D eigenvalue weighted by atomic mass is 9.85. The minimum atomic E-state index is 0.738. The Morgan fingerprint density at radius 2 is 2.31 bits per heavy atom. The van der Waals surface area contributed by atoms with E-state index < -0.39 is 0 Å². The number of anilines is 1. The number of hydrogen-bond acceptors (Lipinski definition) is 4. The summed E-state index contributed by atoms with van der Waals surface area (Å²) in [6.07, 6.45) is 9.29. The molecule has 1 aromatic rings. The van der Waals surface area contributed by atoms with Gasteiger partial charge >= 0.3 is 0 Å². The van der Waals surface area contributed by atoms with E-state index in [-0.39, 0.29) is 0 Å². The van der Waals surface area contributed by atoms with Crippen molar-refractivity contribution in [3.63, 3.8) is 0 Å². The molecule has 0 aromatic carbocycles. The van der Waals surface area contributed by atoms with Gasteiger partial charge in [0.15, 0.2) is 0 Å². The van der Waals surface area contributed by atoms with Gasteiger partial charge < -0.3 is 10.2 Å². The SMILES string of the molecule is c1cnc(N2CCC3NCCCC3C2)cn1. The fourth-order valence-electron chi connectivity index (χ4n) is 2.91. The third-order valence-electron chi connectivity index (χ3n) is 3.77. The van der Waals surface area contributed by atoms with Crippen molar-refractivity contribution >= 4 is 5.82 Å². The molecule has 4 nitrogen and oxygen atoms in total. The second-order valence-corrected chi connectivity index (χ2v) is 4.76. The van der Waals surface area contributed by atoms with Crippen LogP contribution in [0.5, 0.6) is 0 Å². The Morgan fingerprint density at radius 3 is 3.19 bits per heavy atom. The van der Waals surface area contributed by atoms with Crippen LogP contribution >= 0.6 is 0 Å². The van der Waals surface area contributed by atoms with Gasteiger partial charge in [0.1, 0.15) is 5.82 Å². The molecule has 16 heavy (non-hydrogen) atoms. The third kappa shape index (κ3) is 1.89. The van der Waals surface area contributed by atoms with Crippen molar-refractivity contribution in [2.75, 3.05) is 24.5 Å². The summed E-state index contributed by atoms with van der Waals surface area (Å²) in [6.45, 7) is 3.44. The van der Waals surface area contributed by atoms with Crippen LogP contribution in [0.4, 0.5) is 5.82 Å². The van der Waals surface area contributed by atoms with Crippen LogP contribution < -0.4 is 10.2 Å². The molecule has 4 heteroatoms. The molecule has 2 unspecified atom stereocenters. The zero-order valence-corrected chi connectivity index (χ0v) is 9.47. The van der Waals surface area contributed by atoms with Crippen LogP contribution in [0.15, 0.2) is 18.6 Å². The molecule has 2 aliphatic heterocycles. The second kappa shape index (κ2) is 4.37. The van der Waals surface area contributed by atoms with Crippen molar-refractivity contribution in [2.24, 2.45) is 5.92 Å². The smallest absolute Gasteiger partial charge is 0.147 e. The maximum atomic E-state index is 4.38. The topological polar surface area (TPSA) is 41.1 Å². The summed E-state index contributed by atoms with van der Waals surface area (Å²) in [4.78, 5) is 10.9. The van der Waals surface area contributed by atoms with Crippen LogP contribution in [-0.2, 0) is 0 Å².